The maximum atomic E-state index is 12.9. The van der Waals surface area contributed by atoms with E-state index in [1.165, 1.54) is 23.7 Å². The van der Waals surface area contributed by atoms with Gasteiger partial charge in [-0.15, -0.1) is 0 Å². The molecule has 5 heteroatoms. The molecule has 1 aliphatic heterocycles. The first-order chi connectivity index (χ1) is 13.1. The Morgan fingerprint density at radius 3 is 2.56 bits per heavy atom. The van der Waals surface area contributed by atoms with Crippen LogP contribution in [-0.4, -0.2) is 35.8 Å². The zero-order valence-corrected chi connectivity index (χ0v) is 15.7. The molecule has 2 atom stereocenters. The number of hydrogen-bond acceptors (Lipinski definition) is 3. The monoisotopic (exact) mass is 366 g/mol. The van der Waals surface area contributed by atoms with Crippen LogP contribution in [0, 0.1) is 5.92 Å². The molecular formula is C22H26N2O3. The number of likely N-dealkylation sites (tertiary alicyclic amines) is 1. The predicted molar refractivity (Wildman–Crippen MR) is 102 cm³/mol. The third-order valence-electron chi connectivity index (χ3n) is 5.66. The van der Waals surface area contributed by atoms with E-state index in [0.717, 1.165) is 25.7 Å². The average Bonchev–Trinajstić information content (AvgIpc) is 3.35. The molecule has 0 radical (unpaired) electrons. The van der Waals surface area contributed by atoms with Gasteiger partial charge < -0.3 is 14.6 Å². The summed E-state index contributed by atoms with van der Waals surface area (Å²) in [5, 5.41) is 3.11. The van der Waals surface area contributed by atoms with E-state index >= 15 is 0 Å². The summed E-state index contributed by atoms with van der Waals surface area (Å²) in [4.78, 5) is 27.4. The molecule has 2 aromatic rings. The second-order valence-corrected chi connectivity index (χ2v) is 7.73. The van der Waals surface area contributed by atoms with Crippen LogP contribution >= 0.6 is 0 Å². The van der Waals surface area contributed by atoms with Gasteiger partial charge in [-0.2, -0.15) is 0 Å². The molecule has 1 aliphatic carbocycles. The minimum Gasteiger partial charge on any atom is -0.472 e. The fourth-order valence-electron chi connectivity index (χ4n) is 3.84. The molecular weight excluding hydrogens is 340 g/mol. The Bertz CT molecular complexity index is 793. The first-order valence-corrected chi connectivity index (χ1v) is 9.84. The Morgan fingerprint density at radius 2 is 1.93 bits per heavy atom. The minimum atomic E-state index is -0.175. The number of aryl methyl sites for hydroxylation is 1. The normalized spacial score (nSPS) is 22.5. The summed E-state index contributed by atoms with van der Waals surface area (Å²) in [6.07, 6.45) is 6.90. The second kappa shape index (κ2) is 7.59. The summed E-state index contributed by atoms with van der Waals surface area (Å²) in [6.45, 7) is 3.23. The molecule has 4 rings (SSSR count). The van der Waals surface area contributed by atoms with Crippen LogP contribution in [-0.2, 0) is 11.2 Å². The van der Waals surface area contributed by atoms with Gasteiger partial charge >= 0.3 is 0 Å². The van der Waals surface area contributed by atoms with Crippen molar-refractivity contribution in [2.75, 3.05) is 13.1 Å². The van der Waals surface area contributed by atoms with E-state index in [9.17, 15) is 9.59 Å². The smallest absolute Gasteiger partial charge is 0.257 e. The highest BCUT2D eigenvalue weighted by molar-refractivity contribution is 5.94. The first-order valence-electron chi connectivity index (χ1n) is 9.84. The van der Waals surface area contributed by atoms with E-state index in [0.29, 0.717) is 24.7 Å². The highest BCUT2D eigenvalue weighted by Crippen LogP contribution is 2.32. The van der Waals surface area contributed by atoms with Gasteiger partial charge in [-0.05, 0) is 42.9 Å². The van der Waals surface area contributed by atoms with Crippen molar-refractivity contribution in [3.05, 3.63) is 59.5 Å². The lowest BCUT2D eigenvalue weighted by Crippen LogP contribution is -2.48. The highest BCUT2D eigenvalue weighted by atomic mass is 16.3. The van der Waals surface area contributed by atoms with Crippen LogP contribution in [0.2, 0.25) is 0 Å². The van der Waals surface area contributed by atoms with Gasteiger partial charge in [-0.25, -0.2) is 0 Å². The van der Waals surface area contributed by atoms with Crippen molar-refractivity contribution >= 4 is 11.8 Å². The maximum Gasteiger partial charge on any atom is 0.257 e. The number of carbonyl (C=O) groups excluding carboxylic acids is 2. The van der Waals surface area contributed by atoms with Gasteiger partial charge in [0.05, 0.1) is 17.7 Å². The number of benzene rings is 1. The molecule has 1 saturated heterocycles. The minimum absolute atomic E-state index is 0.0668. The standard InChI is InChI=1S/C22H26N2O3/c1-2-15-3-5-16(6-4-15)18-11-19(21(25)23-20-7-8-20)13-24(12-18)22(26)17-9-10-27-14-17/h3-6,9-10,14,18-20H,2,7-8,11-13H2,1H3,(H,23,25)/t18-,19+/m0/s1. The van der Waals surface area contributed by atoms with Crippen molar-refractivity contribution in [1.82, 2.24) is 10.2 Å². The number of nitrogens with one attached hydrogen (secondary N) is 1. The summed E-state index contributed by atoms with van der Waals surface area (Å²) in [5.74, 6) is 0.00161. The van der Waals surface area contributed by atoms with Gasteiger partial charge in [0, 0.05) is 25.0 Å². The second-order valence-electron chi connectivity index (χ2n) is 7.73. The number of hydrogen-bond donors (Lipinski definition) is 1. The van der Waals surface area contributed by atoms with Gasteiger partial charge in [0.2, 0.25) is 5.91 Å². The lowest BCUT2D eigenvalue weighted by molar-refractivity contribution is -0.126. The molecule has 2 amide bonds. The number of piperidine rings is 1. The van der Waals surface area contributed by atoms with Gasteiger partial charge in [0.25, 0.3) is 5.91 Å². The number of carbonyl (C=O) groups is 2. The van der Waals surface area contributed by atoms with Crippen molar-refractivity contribution in [2.45, 2.75) is 44.6 Å². The quantitative estimate of drug-likeness (QED) is 0.882. The van der Waals surface area contributed by atoms with E-state index in [1.54, 1.807) is 6.07 Å². The van der Waals surface area contributed by atoms with E-state index in [1.807, 2.05) is 4.90 Å². The Labute approximate surface area is 159 Å². The molecule has 1 aromatic carbocycles. The molecule has 1 aromatic heterocycles. The average molecular weight is 366 g/mol. The lowest BCUT2D eigenvalue weighted by Gasteiger charge is -2.37. The van der Waals surface area contributed by atoms with Crippen molar-refractivity contribution in [2.24, 2.45) is 5.92 Å². The molecule has 0 spiro atoms. The van der Waals surface area contributed by atoms with Crippen molar-refractivity contribution in [3.8, 4) is 0 Å². The van der Waals surface area contributed by atoms with Gasteiger partial charge in [0.15, 0.2) is 0 Å². The van der Waals surface area contributed by atoms with E-state index < -0.39 is 0 Å². The van der Waals surface area contributed by atoms with E-state index in [2.05, 4.69) is 36.5 Å². The summed E-state index contributed by atoms with van der Waals surface area (Å²) in [5.41, 5.74) is 3.03. The topological polar surface area (TPSA) is 62.6 Å². The fraction of sp³-hybridized carbons (Fsp3) is 0.455. The van der Waals surface area contributed by atoms with Crippen LogP contribution in [0.3, 0.4) is 0 Å². The van der Waals surface area contributed by atoms with Gasteiger partial charge in [-0.3, -0.25) is 9.59 Å². The Kier molecular flexibility index (Phi) is 5.01. The number of nitrogens with zero attached hydrogens (tertiary/aromatic N) is 1. The van der Waals surface area contributed by atoms with Crippen molar-refractivity contribution in [3.63, 3.8) is 0 Å². The zero-order chi connectivity index (χ0) is 18.8. The van der Waals surface area contributed by atoms with Crippen LogP contribution < -0.4 is 5.32 Å². The molecule has 27 heavy (non-hydrogen) atoms. The van der Waals surface area contributed by atoms with Crippen LogP contribution in [0.5, 0.6) is 0 Å². The van der Waals surface area contributed by atoms with Crippen LogP contribution in [0.15, 0.2) is 47.3 Å². The zero-order valence-electron chi connectivity index (χ0n) is 15.7. The van der Waals surface area contributed by atoms with Crippen molar-refractivity contribution < 1.29 is 14.0 Å². The lowest BCUT2D eigenvalue weighted by atomic mass is 9.83. The Morgan fingerprint density at radius 1 is 1.15 bits per heavy atom. The van der Waals surface area contributed by atoms with E-state index in [-0.39, 0.29) is 23.7 Å². The molecule has 2 fully saturated rings. The van der Waals surface area contributed by atoms with Gasteiger partial charge in [-0.1, -0.05) is 31.2 Å². The van der Waals surface area contributed by atoms with Crippen LogP contribution in [0.25, 0.3) is 0 Å². The molecule has 0 bridgehead atoms. The first kappa shape index (κ1) is 17.8. The number of rotatable bonds is 5. The summed E-state index contributed by atoms with van der Waals surface area (Å²) in [6, 6.07) is 10.6. The van der Waals surface area contributed by atoms with Crippen molar-refractivity contribution in [1.29, 1.82) is 0 Å². The predicted octanol–water partition coefficient (Wildman–Crippen LogP) is 3.37. The Balaban J connectivity index is 1.55. The molecule has 1 N–H and O–H groups in total. The largest absolute Gasteiger partial charge is 0.472 e. The molecule has 2 heterocycles. The van der Waals surface area contributed by atoms with Crippen LogP contribution in [0.1, 0.15) is 53.6 Å². The maximum absolute atomic E-state index is 12.9. The SMILES string of the molecule is CCc1ccc([C@H]2C[C@@H](C(=O)NC3CC3)CN(C(=O)c3ccoc3)C2)cc1. The highest BCUT2D eigenvalue weighted by Gasteiger charge is 2.36. The molecule has 2 aliphatic rings. The third kappa shape index (κ3) is 4.07. The Hall–Kier alpha value is -2.56. The number of amides is 2. The molecule has 0 unspecified atom stereocenters. The third-order valence-corrected chi connectivity index (χ3v) is 5.66. The van der Waals surface area contributed by atoms with Crippen LogP contribution in [0.4, 0.5) is 0 Å². The summed E-state index contributed by atoms with van der Waals surface area (Å²) in [7, 11) is 0. The summed E-state index contributed by atoms with van der Waals surface area (Å²) >= 11 is 0. The van der Waals surface area contributed by atoms with Gasteiger partial charge in [0.1, 0.15) is 6.26 Å². The van der Waals surface area contributed by atoms with E-state index in [4.69, 9.17) is 4.42 Å². The fourth-order valence-corrected chi connectivity index (χ4v) is 3.84. The summed E-state index contributed by atoms with van der Waals surface area (Å²) < 4.78 is 5.07. The molecule has 1 saturated carbocycles. The molecule has 142 valence electrons. The molecule has 5 nitrogen and oxygen atoms in total. The number of furan rings is 1.